The third-order valence-electron chi connectivity index (χ3n) is 12.5. The van der Waals surface area contributed by atoms with E-state index < -0.39 is 41.8 Å². The molecule has 0 saturated carbocycles. The number of hydrogen-bond acceptors (Lipinski definition) is 12. The second kappa shape index (κ2) is 42.6. The van der Waals surface area contributed by atoms with E-state index in [0.29, 0.717) is 44.3 Å². The Morgan fingerprint density at radius 3 is 1.25 bits per heavy atom. The van der Waals surface area contributed by atoms with Gasteiger partial charge in [0.1, 0.15) is 0 Å². The van der Waals surface area contributed by atoms with Crippen molar-refractivity contribution in [3.05, 3.63) is 0 Å². The van der Waals surface area contributed by atoms with Gasteiger partial charge in [-0.2, -0.15) is 0 Å². The zero-order valence-electron chi connectivity index (χ0n) is 42.7. The second-order valence-electron chi connectivity index (χ2n) is 18.8. The van der Waals surface area contributed by atoms with Crippen LogP contribution in [0.4, 0.5) is 0 Å². The zero-order valence-corrected chi connectivity index (χ0v) is 42.7. The average Bonchev–Trinajstić information content (AvgIpc) is 3.72. The van der Waals surface area contributed by atoms with Crippen molar-refractivity contribution in [3.8, 4) is 0 Å². The summed E-state index contributed by atoms with van der Waals surface area (Å²) in [6.07, 6.45) is 28.2. The number of carbonyl (C=O) groups excluding carboxylic acids is 6. The van der Waals surface area contributed by atoms with Crippen LogP contribution in [0.5, 0.6) is 0 Å². The first-order chi connectivity index (χ1) is 32.6. The molecule has 13 nitrogen and oxygen atoms in total. The summed E-state index contributed by atoms with van der Waals surface area (Å²) in [5.41, 5.74) is 0.394. The van der Waals surface area contributed by atoms with Crippen LogP contribution in [0.3, 0.4) is 0 Å². The van der Waals surface area contributed by atoms with E-state index in [-0.39, 0.29) is 70.7 Å². The van der Waals surface area contributed by atoms with E-state index in [1.807, 2.05) is 0 Å². The predicted octanol–water partition coefficient (Wildman–Crippen LogP) is 11.0. The Morgan fingerprint density at radius 1 is 0.448 bits per heavy atom. The molecule has 1 fully saturated rings. The predicted molar refractivity (Wildman–Crippen MR) is 264 cm³/mol. The van der Waals surface area contributed by atoms with Crippen molar-refractivity contribution in [1.82, 2.24) is 4.90 Å². The van der Waals surface area contributed by atoms with Crippen LogP contribution in [-0.4, -0.2) is 106 Å². The van der Waals surface area contributed by atoms with Crippen molar-refractivity contribution in [2.24, 2.45) is 11.8 Å². The first-order valence-corrected chi connectivity index (χ1v) is 26.8. The fourth-order valence-electron chi connectivity index (χ4n) is 8.22. The third kappa shape index (κ3) is 34.5. The van der Waals surface area contributed by atoms with Crippen molar-refractivity contribution in [2.75, 3.05) is 39.6 Å². The molecule has 1 heterocycles. The van der Waals surface area contributed by atoms with Crippen LogP contribution in [0.25, 0.3) is 0 Å². The molecule has 1 amide bonds. The van der Waals surface area contributed by atoms with Gasteiger partial charge in [0.2, 0.25) is 0 Å². The molecule has 0 aromatic rings. The van der Waals surface area contributed by atoms with Crippen molar-refractivity contribution >= 4 is 49.4 Å². The molecule has 1 radical (unpaired) electrons. The molecule has 1 saturated heterocycles. The van der Waals surface area contributed by atoms with E-state index in [1.54, 1.807) is 0 Å². The quantitative estimate of drug-likeness (QED) is 0.0187. The van der Waals surface area contributed by atoms with E-state index in [9.17, 15) is 28.8 Å². The summed E-state index contributed by atoms with van der Waals surface area (Å²) in [6.45, 7) is 8.84. The number of amides is 1. The normalized spacial score (nSPS) is 15.4. The summed E-state index contributed by atoms with van der Waals surface area (Å²) in [7, 11) is 6.19. The monoisotopic (exact) mass is 947 g/mol. The summed E-state index contributed by atoms with van der Waals surface area (Å²) in [5.74, 6) is -3.31. The zero-order chi connectivity index (χ0) is 49.2. The van der Waals surface area contributed by atoms with Crippen LogP contribution in [0.2, 0.25) is 0 Å². The van der Waals surface area contributed by atoms with Crippen LogP contribution in [0.15, 0.2) is 0 Å². The Balaban J connectivity index is 2.73. The Morgan fingerprint density at radius 2 is 0.806 bits per heavy atom. The Bertz CT molecular complexity index is 1300. The number of ether oxygens (including phenoxy) is 6. The maximum atomic E-state index is 13.2. The summed E-state index contributed by atoms with van der Waals surface area (Å²) in [6, 6.07) is -0.852. The van der Waals surface area contributed by atoms with Crippen molar-refractivity contribution in [2.45, 2.75) is 245 Å². The number of likely N-dealkylation sites (tertiary alicyclic amines) is 1. The molecule has 0 aromatic carbocycles. The van der Waals surface area contributed by atoms with E-state index in [2.05, 4.69) is 27.7 Å². The minimum atomic E-state index is -0.622. The summed E-state index contributed by atoms with van der Waals surface area (Å²) < 4.78 is 33.7. The van der Waals surface area contributed by atoms with E-state index in [1.165, 1.54) is 43.4 Å². The Kier molecular flexibility index (Phi) is 39.2. The van der Waals surface area contributed by atoms with Crippen molar-refractivity contribution < 1.29 is 57.2 Å². The van der Waals surface area contributed by atoms with Gasteiger partial charge in [-0.1, -0.05) is 97.8 Å². The van der Waals surface area contributed by atoms with Crippen molar-refractivity contribution in [3.63, 3.8) is 0 Å². The molecule has 14 heteroatoms. The molecule has 1 rings (SSSR count). The molecule has 0 aliphatic carbocycles. The van der Waals surface area contributed by atoms with E-state index in [0.717, 1.165) is 116 Å². The van der Waals surface area contributed by atoms with Gasteiger partial charge in [-0.05, 0) is 12.8 Å². The topological polar surface area (TPSA) is 161 Å². The van der Waals surface area contributed by atoms with Crippen LogP contribution in [0, 0.1) is 11.8 Å². The fraction of sp³-hybridized carbons (Fsp3) is 0.868. The Labute approximate surface area is 407 Å². The molecule has 0 spiro atoms. The molecule has 0 N–H and O–H groups in total. The number of hydrogen-bond donors (Lipinski definition) is 0. The number of carbonyl (C=O) groups is 6. The van der Waals surface area contributed by atoms with Gasteiger partial charge in [0.05, 0.1) is 26.1 Å². The van der Waals surface area contributed by atoms with Gasteiger partial charge in [-0.3, -0.25) is 14.4 Å². The molecule has 4 atom stereocenters. The van der Waals surface area contributed by atoms with Crippen LogP contribution < -0.4 is 0 Å². The molecule has 385 valence electrons. The summed E-state index contributed by atoms with van der Waals surface area (Å²) in [5, 5.41) is 0. The summed E-state index contributed by atoms with van der Waals surface area (Å²) >= 11 is 0. The number of nitrogens with zero attached hydrogens (tertiary/aromatic N) is 1. The van der Waals surface area contributed by atoms with Gasteiger partial charge in [0, 0.05) is 12.3 Å². The van der Waals surface area contributed by atoms with E-state index in [4.69, 9.17) is 35.9 Å². The third-order valence-corrected chi connectivity index (χ3v) is 12.5. The fourth-order valence-corrected chi connectivity index (χ4v) is 8.22. The molecule has 67 heavy (non-hydrogen) atoms. The van der Waals surface area contributed by atoms with Gasteiger partial charge < -0.3 is 14.2 Å². The Hall–Kier alpha value is -3.45. The average molecular weight is 947 g/mol. The van der Waals surface area contributed by atoms with Gasteiger partial charge in [-0.25, -0.2) is 0 Å². The SMILES string of the molecule is [B]=C(CCCCCCCC)OCC(COC(=O)CCCCCCCC)CC(=O)OCC1CCC(COC(=O)CC(COC(=O)CCCCCCCC)CC(=O)OCCCCCCCC)N1C=O. The van der Waals surface area contributed by atoms with Crippen molar-refractivity contribution in [1.29, 1.82) is 0 Å². The van der Waals surface area contributed by atoms with Gasteiger partial charge in [0.25, 0.3) is 0 Å². The molecule has 1 aliphatic rings. The number of unbranched alkanes of at least 4 members (excludes halogenated alkanes) is 20. The second-order valence-corrected chi connectivity index (χ2v) is 18.8. The minimum absolute atomic E-state index is 0.00569. The molecule has 0 bridgehead atoms. The standard InChI is InChI=1S/C53H93BNO12/c1-5-9-13-17-21-25-29-48(54)63-39-45(40-65-50(58)31-27-23-19-15-11-7-3)37-53(61)67-42-47-33-32-46(55(47)43-56)41-66-52(60)36-44(35-51(59)62-34-28-24-20-16-12-8-4)38-64-49(57)30-26-22-18-14-10-6-2/h43-47H,5-42H2,1-4H3. The van der Waals surface area contributed by atoms with Gasteiger partial charge in [0.15, 0.2) is 0 Å². The maximum absolute atomic E-state index is 13.2. The molecule has 0 aromatic heterocycles. The van der Waals surface area contributed by atoms with Crippen LogP contribution >= 0.6 is 0 Å². The van der Waals surface area contributed by atoms with E-state index >= 15 is 0 Å². The van der Waals surface area contributed by atoms with Crippen LogP contribution in [0.1, 0.15) is 233 Å². The van der Waals surface area contributed by atoms with Crippen LogP contribution in [-0.2, 0) is 57.2 Å². The number of esters is 5. The summed E-state index contributed by atoms with van der Waals surface area (Å²) in [4.78, 5) is 78.1. The first kappa shape index (κ1) is 61.6. The number of rotatable bonds is 46. The molecular weight excluding hydrogens is 853 g/mol. The van der Waals surface area contributed by atoms with Gasteiger partial charge >= 0.3 is 231 Å². The molecular formula is C53H93BNO12. The molecule has 4 unspecified atom stereocenters. The van der Waals surface area contributed by atoms with Gasteiger partial charge in [-0.15, -0.1) is 0 Å². The molecule has 1 aliphatic heterocycles. The first-order valence-electron chi connectivity index (χ1n) is 26.8.